The molecule has 1 atom stereocenters. The summed E-state index contributed by atoms with van der Waals surface area (Å²) in [4.78, 5) is 7.12. The molecule has 0 aromatic heterocycles. The first-order valence-electron chi connectivity index (χ1n) is 4.72. The molecule has 0 rings (SSSR count). The zero-order valence-electron chi connectivity index (χ0n) is 8.28. The third-order valence-electron chi connectivity index (χ3n) is 2.06. The maximum atomic E-state index is 3.56. The van der Waals surface area contributed by atoms with E-state index in [0.717, 1.165) is 18.6 Å². The second-order valence-corrected chi connectivity index (χ2v) is 5.89. The Hall–Kier alpha value is 0.137. The normalized spacial score (nSPS) is 13.9. The summed E-state index contributed by atoms with van der Waals surface area (Å²) in [6.45, 7) is 11.2. The molecule has 68 valence electrons. The maximum absolute atomic E-state index is 3.56. The highest BCUT2D eigenvalue weighted by Crippen LogP contribution is 2.08. The van der Waals surface area contributed by atoms with Gasteiger partial charge in [-0.2, -0.15) is 0 Å². The van der Waals surface area contributed by atoms with Crippen molar-refractivity contribution in [2.24, 2.45) is 0 Å². The Balaban J connectivity index is 3.66. The summed E-state index contributed by atoms with van der Waals surface area (Å²) < 4.78 is 0. The third-order valence-corrected chi connectivity index (χ3v) is 5.37. The Kier molecular flexibility index (Phi) is 6.91. The Morgan fingerprint density at radius 1 is 1.09 bits per heavy atom. The first-order valence-corrected chi connectivity index (χ1v) is 6.55. The minimum atomic E-state index is -0.828. The van der Waals surface area contributed by atoms with E-state index in [1.54, 1.807) is 0 Å². The highest BCUT2D eigenvalue weighted by atomic mass is 28.3. The number of nitrogens with one attached hydrogen (secondary N) is 2. The van der Waals surface area contributed by atoms with Crippen LogP contribution in [0.1, 0.15) is 34.1 Å². The van der Waals surface area contributed by atoms with Gasteiger partial charge < -0.3 is 9.96 Å². The standard InChI is InChI=1S/C8H22N2Si/c1-5-8(4)11(9-6-2)10-7-3/h8-11H,5-7H2,1-4H3. The maximum Gasteiger partial charge on any atom is 0.187 e. The van der Waals surface area contributed by atoms with Gasteiger partial charge in [-0.25, -0.2) is 0 Å². The van der Waals surface area contributed by atoms with Crippen molar-refractivity contribution in [3.8, 4) is 0 Å². The largest absolute Gasteiger partial charge is 0.328 e. The average molecular weight is 174 g/mol. The summed E-state index contributed by atoms with van der Waals surface area (Å²) in [5, 5.41) is 0. The zero-order valence-corrected chi connectivity index (χ0v) is 9.43. The molecule has 0 fully saturated rings. The molecule has 2 nitrogen and oxygen atoms in total. The molecule has 0 saturated heterocycles. The summed E-state index contributed by atoms with van der Waals surface area (Å²) in [7, 11) is -0.828. The van der Waals surface area contributed by atoms with Crippen LogP contribution in [0, 0.1) is 0 Å². The predicted octanol–water partition coefficient (Wildman–Crippen LogP) is 1.23. The Labute approximate surface area is 72.5 Å². The quantitative estimate of drug-likeness (QED) is 0.592. The molecule has 0 aliphatic rings. The van der Waals surface area contributed by atoms with E-state index >= 15 is 0 Å². The lowest BCUT2D eigenvalue weighted by atomic mass is 10.4. The smallest absolute Gasteiger partial charge is 0.187 e. The molecule has 0 spiro atoms. The fourth-order valence-electron chi connectivity index (χ4n) is 1.15. The lowest BCUT2D eigenvalue weighted by molar-refractivity contribution is 0.772. The molecule has 0 aromatic carbocycles. The third kappa shape index (κ3) is 4.56. The monoisotopic (exact) mass is 174 g/mol. The van der Waals surface area contributed by atoms with Gasteiger partial charge >= 0.3 is 0 Å². The van der Waals surface area contributed by atoms with Crippen LogP contribution in [-0.2, 0) is 0 Å². The lowest BCUT2D eigenvalue weighted by Gasteiger charge is -2.21. The highest BCUT2D eigenvalue weighted by Gasteiger charge is 2.14. The first-order chi connectivity index (χ1) is 5.26. The molecule has 0 heterocycles. The molecule has 0 aromatic rings. The van der Waals surface area contributed by atoms with E-state index in [-0.39, 0.29) is 0 Å². The van der Waals surface area contributed by atoms with Crippen LogP contribution in [0.5, 0.6) is 0 Å². The van der Waals surface area contributed by atoms with Crippen LogP contribution in [0.3, 0.4) is 0 Å². The molecule has 0 aliphatic heterocycles. The van der Waals surface area contributed by atoms with Gasteiger partial charge in [-0.3, -0.25) is 0 Å². The van der Waals surface area contributed by atoms with Crippen LogP contribution < -0.4 is 9.96 Å². The zero-order chi connectivity index (χ0) is 8.69. The molecule has 0 saturated carbocycles. The number of rotatable bonds is 6. The van der Waals surface area contributed by atoms with Crippen molar-refractivity contribution in [3.05, 3.63) is 0 Å². The SMILES string of the molecule is CCN[SiH](NCC)C(C)CC. The number of hydrogen-bond donors (Lipinski definition) is 2. The fraction of sp³-hybridized carbons (Fsp3) is 1.00. The Morgan fingerprint density at radius 3 is 1.82 bits per heavy atom. The van der Waals surface area contributed by atoms with Crippen LogP contribution in [-0.4, -0.2) is 22.2 Å². The molecule has 0 bridgehead atoms. The van der Waals surface area contributed by atoms with Gasteiger partial charge in [0.05, 0.1) is 0 Å². The molecule has 0 radical (unpaired) electrons. The van der Waals surface area contributed by atoms with Crippen molar-refractivity contribution >= 4 is 9.12 Å². The van der Waals surface area contributed by atoms with Crippen LogP contribution in [0.2, 0.25) is 5.54 Å². The minimum absolute atomic E-state index is 0.828. The average Bonchev–Trinajstić information content (AvgIpc) is 2.03. The van der Waals surface area contributed by atoms with E-state index in [1.165, 1.54) is 6.42 Å². The van der Waals surface area contributed by atoms with Crippen molar-refractivity contribution in [1.82, 2.24) is 9.96 Å². The highest BCUT2D eigenvalue weighted by molar-refractivity contribution is 6.54. The van der Waals surface area contributed by atoms with Crippen molar-refractivity contribution in [3.63, 3.8) is 0 Å². The Morgan fingerprint density at radius 2 is 1.55 bits per heavy atom. The van der Waals surface area contributed by atoms with Crippen LogP contribution in [0.25, 0.3) is 0 Å². The second-order valence-electron chi connectivity index (χ2n) is 2.98. The molecular weight excluding hydrogens is 152 g/mol. The van der Waals surface area contributed by atoms with E-state index in [0.29, 0.717) is 0 Å². The lowest BCUT2D eigenvalue weighted by Crippen LogP contribution is -2.49. The van der Waals surface area contributed by atoms with Gasteiger partial charge in [0, 0.05) is 0 Å². The molecule has 0 aliphatic carbocycles. The van der Waals surface area contributed by atoms with Gasteiger partial charge in [-0.05, 0) is 18.6 Å². The summed E-state index contributed by atoms with van der Waals surface area (Å²) >= 11 is 0. The van der Waals surface area contributed by atoms with Gasteiger partial charge in [0.2, 0.25) is 0 Å². The van der Waals surface area contributed by atoms with Gasteiger partial charge in [-0.15, -0.1) is 0 Å². The van der Waals surface area contributed by atoms with Gasteiger partial charge in [0.15, 0.2) is 9.12 Å². The van der Waals surface area contributed by atoms with Gasteiger partial charge in [-0.1, -0.05) is 34.1 Å². The van der Waals surface area contributed by atoms with E-state index < -0.39 is 9.12 Å². The molecule has 11 heavy (non-hydrogen) atoms. The topological polar surface area (TPSA) is 24.1 Å². The van der Waals surface area contributed by atoms with Gasteiger partial charge in [0.25, 0.3) is 0 Å². The van der Waals surface area contributed by atoms with Crippen LogP contribution in [0.4, 0.5) is 0 Å². The molecular formula is C8H22N2Si. The molecule has 3 heteroatoms. The summed E-state index contributed by atoms with van der Waals surface area (Å²) in [5.74, 6) is 0. The summed E-state index contributed by atoms with van der Waals surface area (Å²) in [6.07, 6.45) is 1.29. The summed E-state index contributed by atoms with van der Waals surface area (Å²) in [6, 6.07) is 0. The van der Waals surface area contributed by atoms with Crippen LogP contribution in [0.15, 0.2) is 0 Å². The first kappa shape index (κ1) is 11.1. The van der Waals surface area contributed by atoms with E-state index in [4.69, 9.17) is 0 Å². The minimum Gasteiger partial charge on any atom is -0.328 e. The number of hydrogen-bond acceptors (Lipinski definition) is 2. The van der Waals surface area contributed by atoms with E-state index in [1.807, 2.05) is 0 Å². The van der Waals surface area contributed by atoms with Gasteiger partial charge in [0.1, 0.15) is 0 Å². The van der Waals surface area contributed by atoms with E-state index in [9.17, 15) is 0 Å². The van der Waals surface area contributed by atoms with E-state index in [2.05, 4.69) is 37.7 Å². The van der Waals surface area contributed by atoms with Crippen molar-refractivity contribution in [2.45, 2.75) is 39.7 Å². The molecule has 0 amide bonds. The Bertz CT molecular complexity index is 82.2. The fourth-order valence-corrected chi connectivity index (χ4v) is 3.45. The van der Waals surface area contributed by atoms with Crippen LogP contribution >= 0.6 is 0 Å². The van der Waals surface area contributed by atoms with Crippen molar-refractivity contribution in [1.29, 1.82) is 0 Å². The second kappa shape index (κ2) is 6.82. The summed E-state index contributed by atoms with van der Waals surface area (Å²) in [5.41, 5.74) is 0.856. The molecule has 1 unspecified atom stereocenters. The van der Waals surface area contributed by atoms with Crippen molar-refractivity contribution < 1.29 is 0 Å². The predicted molar refractivity (Wildman–Crippen MR) is 54.2 cm³/mol. The van der Waals surface area contributed by atoms with Crippen molar-refractivity contribution in [2.75, 3.05) is 13.1 Å². The molecule has 2 N–H and O–H groups in total.